The number of nitrogens with zero attached hydrogens (tertiary/aromatic N) is 4. The summed E-state index contributed by atoms with van der Waals surface area (Å²) in [7, 11) is -2.93. The molecule has 1 aliphatic heterocycles. The van der Waals surface area contributed by atoms with Crippen molar-refractivity contribution in [1.82, 2.24) is 24.8 Å². The molecular formula is C33H38ClN5O5S. The number of carboxylic acids is 1. The Bertz CT molecular complexity index is 1740. The second kappa shape index (κ2) is 13.5. The molecule has 0 unspecified atom stereocenters. The van der Waals surface area contributed by atoms with Gasteiger partial charge < -0.3 is 14.8 Å². The van der Waals surface area contributed by atoms with Gasteiger partial charge in [-0.2, -0.15) is 4.98 Å². The first-order chi connectivity index (χ1) is 21.6. The number of carbonyl (C=O) groups is 1. The third-order valence-corrected chi connectivity index (χ3v) is 10.0. The number of imidazole rings is 1. The molecule has 2 N–H and O–H groups in total. The van der Waals surface area contributed by atoms with Crippen LogP contribution >= 0.6 is 11.6 Å². The van der Waals surface area contributed by atoms with Crippen LogP contribution in [0.1, 0.15) is 31.2 Å². The van der Waals surface area contributed by atoms with E-state index in [1.807, 2.05) is 18.2 Å². The predicted molar refractivity (Wildman–Crippen MR) is 175 cm³/mol. The van der Waals surface area contributed by atoms with E-state index in [0.29, 0.717) is 60.1 Å². The first kappa shape index (κ1) is 31.5. The summed E-state index contributed by atoms with van der Waals surface area (Å²) in [5.74, 6) is -0.817. The van der Waals surface area contributed by atoms with Crippen molar-refractivity contribution in [1.29, 1.82) is 0 Å². The summed E-state index contributed by atoms with van der Waals surface area (Å²) in [5, 5.41) is 9.74. The van der Waals surface area contributed by atoms with E-state index >= 15 is 0 Å². The van der Waals surface area contributed by atoms with Crippen molar-refractivity contribution in [2.45, 2.75) is 38.3 Å². The fourth-order valence-corrected chi connectivity index (χ4v) is 6.94. The van der Waals surface area contributed by atoms with Crippen LogP contribution in [-0.4, -0.2) is 95.1 Å². The Kier molecular flexibility index (Phi) is 9.41. The van der Waals surface area contributed by atoms with Crippen molar-refractivity contribution in [2.75, 3.05) is 44.7 Å². The van der Waals surface area contributed by atoms with Crippen LogP contribution in [0.25, 0.3) is 33.5 Å². The molecule has 1 aliphatic carbocycles. The van der Waals surface area contributed by atoms with Crippen LogP contribution in [0, 0.1) is 5.92 Å². The first-order valence-corrected chi connectivity index (χ1v) is 17.8. The summed E-state index contributed by atoms with van der Waals surface area (Å²) in [6, 6.07) is 18.9. The highest BCUT2D eigenvalue weighted by atomic mass is 35.5. The summed E-state index contributed by atoms with van der Waals surface area (Å²) >= 11 is 6.64. The maximum absolute atomic E-state index is 11.5. The molecule has 12 heteroatoms. The van der Waals surface area contributed by atoms with Crippen molar-refractivity contribution in [3.8, 4) is 28.4 Å². The quantitative estimate of drug-likeness (QED) is 0.240. The monoisotopic (exact) mass is 651 g/mol. The lowest BCUT2D eigenvalue weighted by molar-refractivity contribution is -0.143. The van der Waals surface area contributed by atoms with Crippen molar-refractivity contribution >= 4 is 38.6 Å². The van der Waals surface area contributed by atoms with Gasteiger partial charge >= 0.3 is 5.97 Å². The SMILES string of the molecule is CS(=O)(=O)CCN1CCN(Cc2ccc(-c3ccc(-c4nc5nc(OC6CCC(C(=O)O)CC6)[nH]c5cc4Cl)cc3)cc2)CC1. The van der Waals surface area contributed by atoms with E-state index in [1.165, 1.54) is 11.8 Å². The number of halogens is 1. The van der Waals surface area contributed by atoms with Crippen LogP contribution in [-0.2, 0) is 21.2 Å². The van der Waals surface area contributed by atoms with Gasteiger partial charge in [0.2, 0.25) is 0 Å². The maximum Gasteiger partial charge on any atom is 0.306 e. The number of aromatic nitrogens is 3. The Morgan fingerprint density at radius 2 is 1.53 bits per heavy atom. The Labute approximate surface area is 268 Å². The van der Waals surface area contributed by atoms with Gasteiger partial charge in [-0.05, 0) is 48.4 Å². The first-order valence-electron chi connectivity index (χ1n) is 15.4. The molecule has 3 heterocycles. The molecule has 45 heavy (non-hydrogen) atoms. The number of rotatable bonds is 10. The molecule has 0 radical (unpaired) electrons. The third-order valence-electron chi connectivity index (χ3n) is 8.80. The van der Waals surface area contributed by atoms with E-state index in [-0.39, 0.29) is 17.8 Å². The molecule has 2 fully saturated rings. The van der Waals surface area contributed by atoms with Crippen LogP contribution < -0.4 is 4.74 Å². The lowest BCUT2D eigenvalue weighted by Gasteiger charge is -2.34. The summed E-state index contributed by atoms with van der Waals surface area (Å²) in [6.07, 6.45) is 3.77. The summed E-state index contributed by atoms with van der Waals surface area (Å²) < 4.78 is 28.9. The molecule has 4 aromatic rings. The minimum Gasteiger partial charge on any atom is -0.481 e. The number of hydrogen-bond acceptors (Lipinski definition) is 8. The maximum atomic E-state index is 11.5. The van der Waals surface area contributed by atoms with Crippen LogP contribution in [0.4, 0.5) is 0 Å². The van der Waals surface area contributed by atoms with E-state index in [9.17, 15) is 18.3 Å². The Balaban J connectivity index is 1.06. The van der Waals surface area contributed by atoms with E-state index in [2.05, 4.69) is 56.2 Å². The largest absolute Gasteiger partial charge is 0.481 e. The van der Waals surface area contributed by atoms with E-state index in [4.69, 9.17) is 21.3 Å². The van der Waals surface area contributed by atoms with Crippen LogP contribution in [0.2, 0.25) is 5.02 Å². The molecule has 2 aromatic heterocycles. The number of carboxylic acid groups (broad SMARTS) is 1. The Morgan fingerprint density at radius 1 is 0.933 bits per heavy atom. The number of nitrogens with one attached hydrogen (secondary N) is 1. The zero-order chi connectivity index (χ0) is 31.6. The predicted octanol–water partition coefficient (Wildman–Crippen LogP) is 5.13. The molecule has 2 aliphatic rings. The normalized spacial score (nSPS) is 20.0. The Hall–Kier alpha value is -3.51. The lowest BCUT2D eigenvalue weighted by Crippen LogP contribution is -2.47. The minimum atomic E-state index is -2.93. The lowest BCUT2D eigenvalue weighted by atomic mass is 9.87. The van der Waals surface area contributed by atoms with Gasteiger partial charge in [-0.3, -0.25) is 14.6 Å². The second-order valence-corrected chi connectivity index (χ2v) is 14.9. The molecule has 0 bridgehead atoms. The van der Waals surface area contributed by atoms with Crippen molar-refractivity contribution in [3.05, 3.63) is 65.2 Å². The van der Waals surface area contributed by atoms with Crippen LogP contribution in [0.15, 0.2) is 54.6 Å². The van der Waals surface area contributed by atoms with Gasteiger partial charge in [-0.15, -0.1) is 0 Å². The summed E-state index contributed by atoms with van der Waals surface area (Å²) in [4.78, 5) is 28.3. The summed E-state index contributed by atoms with van der Waals surface area (Å²) in [6.45, 7) is 5.11. The fraction of sp³-hybridized carbons (Fsp3) is 0.424. The third kappa shape index (κ3) is 8.02. The number of H-pyrrole nitrogens is 1. The van der Waals surface area contributed by atoms with Gasteiger partial charge in [0, 0.05) is 51.1 Å². The summed E-state index contributed by atoms with van der Waals surface area (Å²) in [5.41, 5.74) is 6.19. The molecule has 1 saturated heterocycles. The smallest absolute Gasteiger partial charge is 0.306 e. The highest BCUT2D eigenvalue weighted by Gasteiger charge is 2.27. The number of piperazine rings is 1. The van der Waals surface area contributed by atoms with Crippen molar-refractivity contribution in [3.63, 3.8) is 0 Å². The molecule has 6 rings (SSSR count). The minimum absolute atomic E-state index is 0.0753. The van der Waals surface area contributed by atoms with Gasteiger partial charge in [0.15, 0.2) is 5.65 Å². The number of pyridine rings is 1. The number of benzene rings is 2. The standard InChI is InChI=1S/C33H38ClN5O5S/c1-45(42,43)19-18-38-14-16-39(17-15-38)21-22-2-4-23(5-3-22)24-6-8-25(9-7-24)30-28(34)20-29-31(36-30)37-33(35-29)44-27-12-10-26(11-13-27)32(40)41/h2-9,20,26-27H,10-19,21H2,1H3,(H,40,41)(H,35,36,37). The number of aromatic amines is 1. The molecule has 1 saturated carbocycles. The number of hydrogen-bond donors (Lipinski definition) is 2. The van der Waals surface area contributed by atoms with Gasteiger partial charge in [-0.25, -0.2) is 13.4 Å². The number of sulfone groups is 1. The van der Waals surface area contributed by atoms with E-state index in [1.54, 1.807) is 0 Å². The molecule has 0 atom stereocenters. The second-order valence-electron chi connectivity index (χ2n) is 12.2. The van der Waals surface area contributed by atoms with E-state index < -0.39 is 15.8 Å². The molecule has 10 nitrogen and oxygen atoms in total. The van der Waals surface area contributed by atoms with Gasteiger partial charge in [0.1, 0.15) is 15.9 Å². The average Bonchev–Trinajstić information content (AvgIpc) is 3.41. The number of ether oxygens (including phenoxy) is 1. The number of aliphatic carboxylic acids is 1. The highest BCUT2D eigenvalue weighted by Crippen LogP contribution is 2.32. The van der Waals surface area contributed by atoms with Crippen molar-refractivity contribution < 1.29 is 23.1 Å². The molecule has 0 spiro atoms. The highest BCUT2D eigenvalue weighted by molar-refractivity contribution is 7.90. The van der Waals surface area contributed by atoms with Gasteiger partial charge in [0.25, 0.3) is 6.01 Å². The van der Waals surface area contributed by atoms with Crippen LogP contribution in [0.5, 0.6) is 6.01 Å². The zero-order valence-corrected chi connectivity index (χ0v) is 26.9. The molecule has 0 amide bonds. The average molecular weight is 652 g/mol. The topological polar surface area (TPSA) is 129 Å². The van der Waals surface area contributed by atoms with Gasteiger partial charge in [-0.1, -0.05) is 60.1 Å². The molecule has 238 valence electrons. The van der Waals surface area contributed by atoms with Crippen LogP contribution in [0.3, 0.4) is 0 Å². The van der Waals surface area contributed by atoms with E-state index in [0.717, 1.165) is 49.4 Å². The molecular weight excluding hydrogens is 614 g/mol. The van der Waals surface area contributed by atoms with Crippen molar-refractivity contribution in [2.24, 2.45) is 5.92 Å². The Morgan fingerprint density at radius 3 is 2.16 bits per heavy atom. The molecule has 2 aromatic carbocycles. The van der Waals surface area contributed by atoms with Gasteiger partial charge in [0.05, 0.1) is 27.9 Å². The zero-order valence-electron chi connectivity index (χ0n) is 25.3. The number of fused-ring (bicyclic) bond motifs is 1. The fourth-order valence-electron chi connectivity index (χ4n) is 6.09.